The maximum Gasteiger partial charge on any atom is 0.323 e. The number of rotatable bonds is 13. The Kier molecular flexibility index (Phi) is 10.5. The Morgan fingerprint density at radius 3 is 2.51 bits per heavy atom. The predicted molar refractivity (Wildman–Crippen MR) is 180 cm³/mol. The van der Waals surface area contributed by atoms with Crippen molar-refractivity contribution in [2.75, 3.05) is 32.1 Å². The highest BCUT2D eigenvalue weighted by Crippen LogP contribution is 2.37. The molecule has 1 saturated heterocycles. The first-order valence-corrected chi connectivity index (χ1v) is 16.4. The summed E-state index contributed by atoms with van der Waals surface area (Å²) in [5.74, 6) is 1.95. The minimum atomic E-state index is -0.612. The van der Waals surface area contributed by atoms with Crippen LogP contribution in [-0.4, -0.2) is 66.8 Å². The first kappa shape index (κ1) is 32.3. The van der Waals surface area contributed by atoms with Crippen LogP contribution in [0.3, 0.4) is 0 Å². The zero-order valence-corrected chi connectivity index (χ0v) is 26.7. The van der Waals surface area contributed by atoms with Crippen LogP contribution in [0.5, 0.6) is 23.0 Å². The summed E-state index contributed by atoms with van der Waals surface area (Å²) in [6.07, 6.45) is 8.46. The van der Waals surface area contributed by atoms with Crippen LogP contribution in [0.1, 0.15) is 55.3 Å². The molecule has 1 aliphatic carbocycles. The second kappa shape index (κ2) is 15.3. The summed E-state index contributed by atoms with van der Waals surface area (Å²) in [7, 11) is 1.61. The minimum Gasteiger partial charge on any atom is -0.493 e. The maximum atomic E-state index is 12.5. The van der Waals surface area contributed by atoms with Gasteiger partial charge in [-0.25, -0.2) is 0 Å². The molecule has 0 radical (unpaired) electrons. The minimum absolute atomic E-state index is 0.0306. The van der Waals surface area contributed by atoms with Crippen molar-refractivity contribution >= 4 is 28.5 Å². The van der Waals surface area contributed by atoms with Gasteiger partial charge in [-0.2, -0.15) is 0 Å². The lowest BCUT2D eigenvalue weighted by Gasteiger charge is -2.26. The van der Waals surface area contributed by atoms with Crippen molar-refractivity contribution < 1.29 is 28.5 Å². The van der Waals surface area contributed by atoms with E-state index in [9.17, 15) is 9.59 Å². The van der Waals surface area contributed by atoms with E-state index in [0.717, 1.165) is 50.5 Å². The van der Waals surface area contributed by atoms with Gasteiger partial charge in [0, 0.05) is 41.5 Å². The van der Waals surface area contributed by atoms with E-state index in [2.05, 4.69) is 15.2 Å². The molecule has 2 fully saturated rings. The summed E-state index contributed by atoms with van der Waals surface area (Å²) in [4.78, 5) is 31.9. The maximum absolute atomic E-state index is 12.5. The summed E-state index contributed by atoms with van der Waals surface area (Å²) in [6, 6.07) is 21.4. The number of fused-ring (bicyclic) bond motifs is 1. The molecule has 2 unspecified atom stereocenters. The molecular weight excluding hydrogens is 596 g/mol. The molecule has 1 amide bonds. The Bertz CT molecular complexity index is 1660. The number of nitrogens with two attached hydrogens (primary N) is 1. The summed E-state index contributed by atoms with van der Waals surface area (Å²) in [6.45, 7) is 2.13. The number of nitrogens with zero attached hydrogens (tertiary/aromatic N) is 2. The predicted octanol–water partition coefficient (Wildman–Crippen LogP) is 6.33. The van der Waals surface area contributed by atoms with E-state index in [1.165, 1.54) is 0 Å². The number of anilines is 1. The molecule has 1 aromatic heterocycles. The fraction of sp³-hybridized carbons (Fsp3) is 0.378. The quantitative estimate of drug-likeness (QED) is 0.162. The van der Waals surface area contributed by atoms with Crippen molar-refractivity contribution in [1.82, 2.24) is 9.88 Å². The van der Waals surface area contributed by atoms with Crippen molar-refractivity contribution in [2.24, 2.45) is 5.73 Å². The van der Waals surface area contributed by atoms with Crippen LogP contribution in [-0.2, 0) is 9.53 Å². The molecule has 2 aliphatic rings. The Balaban J connectivity index is 1.06. The van der Waals surface area contributed by atoms with E-state index in [-0.39, 0.29) is 24.0 Å². The third kappa shape index (κ3) is 8.19. The van der Waals surface area contributed by atoms with Gasteiger partial charge in [-0.1, -0.05) is 18.2 Å². The van der Waals surface area contributed by atoms with E-state index in [0.29, 0.717) is 59.3 Å². The topological polar surface area (TPSA) is 125 Å². The van der Waals surface area contributed by atoms with Gasteiger partial charge < -0.3 is 30.0 Å². The van der Waals surface area contributed by atoms with E-state index < -0.39 is 6.04 Å². The van der Waals surface area contributed by atoms with Crippen LogP contribution in [0.25, 0.3) is 10.9 Å². The summed E-state index contributed by atoms with van der Waals surface area (Å²) in [5, 5.41) is 3.68. The number of likely N-dealkylation sites (tertiary alicyclic amines) is 1. The van der Waals surface area contributed by atoms with Crippen LogP contribution < -0.4 is 25.3 Å². The lowest BCUT2D eigenvalue weighted by atomic mass is 10.1. The highest BCUT2D eigenvalue weighted by Gasteiger charge is 2.28. The molecule has 0 spiro atoms. The summed E-state index contributed by atoms with van der Waals surface area (Å²) in [5.41, 5.74) is 8.16. The SMILES string of the molecule is COc1cc2c(Oc3ccc(NC(=O)c4ccccc4)cc3)ccnc2cc1OCC1CCCN1CCC(N)C(=O)OC1CCCC1. The molecule has 0 bridgehead atoms. The second-order valence-electron chi connectivity index (χ2n) is 12.2. The number of carbonyl (C=O) groups excluding carboxylic acids is 2. The van der Waals surface area contributed by atoms with E-state index in [1.807, 2.05) is 30.3 Å². The van der Waals surface area contributed by atoms with Gasteiger partial charge in [0.15, 0.2) is 11.5 Å². The molecule has 1 saturated carbocycles. The Hall–Kier alpha value is -4.67. The Morgan fingerprint density at radius 2 is 1.74 bits per heavy atom. The number of benzene rings is 3. The van der Waals surface area contributed by atoms with Crippen LogP contribution in [0.2, 0.25) is 0 Å². The van der Waals surface area contributed by atoms with Crippen molar-refractivity contribution in [1.29, 1.82) is 0 Å². The fourth-order valence-corrected chi connectivity index (χ4v) is 6.26. The molecule has 2 atom stereocenters. The highest BCUT2D eigenvalue weighted by molar-refractivity contribution is 6.04. The van der Waals surface area contributed by atoms with Gasteiger partial charge in [-0.15, -0.1) is 0 Å². The van der Waals surface area contributed by atoms with Crippen molar-refractivity contribution in [3.05, 3.63) is 84.6 Å². The number of nitrogens with one attached hydrogen (secondary N) is 1. The zero-order valence-electron chi connectivity index (χ0n) is 26.7. The average Bonchev–Trinajstić information content (AvgIpc) is 3.79. The molecule has 10 nitrogen and oxygen atoms in total. The molecule has 6 rings (SSSR count). The van der Waals surface area contributed by atoms with Crippen molar-refractivity contribution in [2.45, 2.75) is 63.1 Å². The van der Waals surface area contributed by atoms with E-state index in [4.69, 9.17) is 24.7 Å². The van der Waals surface area contributed by atoms with Crippen molar-refractivity contribution in [3.8, 4) is 23.0 Å². The summed E-state index contributed by atoms with van der Waals surface area (Å²) >= 11 is 0. The van der Waals surface area contributed by atoms with Crippen molar-refractivity contribution in [3.63, 3.8) is 0 Å². The van der Waals surface area contributed by atoms with E-state index >= 15 is 0 Å². The normalized spacial score (nSPS) is 17.4. The van der Waals surface area contributed by atoms with Crippen LogP contribution in [0.15, 0.2) is 79.0 Å². The number of hydrogen-bond acceptors (Lipinski definition) is 9. The standard InChI is InChI=1S/C37H42N4O6/c1-44-34-22-30-32(39-19-17-33(30)46-29-15-13-26(14-16-29)40-36(42)25-8-3-2-4-9-25)23-35(34)45-24-27-10-7-20-41(27)21-18-31(38)37(43)47-28-11-5-6-12-28/h2-4,8-9,13-17,19,22-23,27-28,31H,5-7,10-12,18,20-21,24,38H2,1H3,(H,40,42). The largest absolute Gasteiger partial charge is 0.493 e. The first-order valence-electron chi connectivity index (χ1n) is 16.4. The highest BCUT2D eigenvalue weighted by atomic mass is 16.5. The third-order valence-corrected chi connectivity index (χ3v) is 8.91. The molecule has 246 valence electrons. The number of ether oxygens (including phenoxy) is 4. The molecule has 3 N–H and O–H groups in total. The number of hydrogen-bond donors (Lipinski definition) is 2. The monoisotopic (exact) mass is 638 g/mol. The number of pyridine rings is 1. The third-order valence-electron chi connectivity index (χ3n) is 8.91. The van der Waals surface area contributed by atoms with Gasteiger partial charge in [-0.05, 0) is 100 Å². The van der Waals surface area contributed by atoms with Gasteiger partial charge in [-0.3, -0.25) is 19.5 Å². The molecular formula is C37H42N4O6. The van der Waals surface area contributed by atoms with Gasteiger partial charge in [0.2, 0.25) is 0 Å². The average molecular weight is 639 g/mol. The number of carbonyl (C=O) groups is 2. The number of amides is 1. The van der Waals surface area contributed by atoms with Crippen LogP contribution in [0.4, 0.5) is 5.69 Å². The lowest BCUT2D eigenvalue weighted by Crippen LogP contribution is -2.40. The van der Waals surface area contributed by atoms with Crippen LogP contribution in [0, 0.1) is 0 Å². The second-order valence-corrected chi connectivity index (χ2v) is 12.2. The van der Waals surface area contributed by atoms with Gasteiger partial charge in [0.1, 0.15) is 30.3 Å². The zero-order chi connectivity index (χ0) is 32.6. The lowest BCUT2D eigenvalue weighted by molar-refractivity contribution is -0.150. The molecule has 47 heavy (non-hydrogen) atoms. The number of methoxy groups -OCH3 is 1. The summed E-state index contributed by atoms with van der Waals surface area (Å²) < 4.78 is 23.9. The number of esters is 1. The smallest absolute Gasteiger partial charge is 0.323 e. The molecule has 10 heteroatoms. The molecule has 4 aromatic rings. The fourth-order valence-electron chi connectivity index (χ4n) is 6.26. The number of aromatic nitrogens is 1. The Morgan fingerprint density at radius 1 is 0.957 bits per heavy atom. The molecule has 2 heterocycles. The van der Waals surface area contributed by atoms with Crippen LogP contribution >= 0.6 is 0 Å². The van der Waals surface area contributed by atoms with Gasteiger partial charge in [0.25, 0.3) is 5.91 Å². The molecule has 1 aliphatic heterocycles. The Labute approximate surface area is 275 Å². The van der Waals surface area contributed by atoms with Gasteiger partial charge in [0.05, 0.1) is 12.6 Å². The molecule has 3 aromatic carbocycles. The van der Waals surface area contributed by atoms with Gasteiger partial charge >= 0.3 is 5.97 Å². The van der Waals surface area contributed by atoms with E-state index in [1.54, 1.807) is 55.8 Å². The first-order chi connectivity index (χ1) is 23.0.